The number of rotatable bonds is 8. The summed E-state index contributed by atoms with van der Waals surface area (Å²) in [5.41, 5.74) is 0.799. The van der Waals surface area contributed by atoms with Gasteiger partial charge in [0, 0.05) is 13.1 Å². The van der Waals surface area contributed by atoms with Gasteiger partial charge in [0.1, 0.15) is 29.0 Å². The van der Waals surface area contributed by atoms with Crippen molar-refractivity contribution in [1.82, 2.24) is 4.90 Å². The first-order valence-electron chi connectivity index (χ1n) is 8.91. The molecule has 0 unspecified atom stereocenters. The molecule has 0 atom stereocenters. The Hall–Kier alpha value is -2.23. The predicted molar refractivity (Wildman–Crippen MR) is 126 cm³/mol. The minimum Gasteiger partial charge on any atom is -0.497 e. The lowest BCUT2D eigenvalue weighted by Crippen LogP contribution is -2.22. The number of thiocarbonyl (C=S) groups is 1. The van der Waals surface area contributed by atoms with Crippen molar-refractivity contribution in [1.29, 1.82) is 0 Å². The van der Waals surface area contributed by atoms with Crippen molar-refractivity contribution in [2.75, 3.05) is 34.5 Å². The number of carbonyl (C=O) groups excluding carboxylic acids is 1. The van der Waals surface area contributed by atoms with E-state index < -0.39 is 0 Å². The van der Waals surface area contributed by atoms with E-state index in [2.05, 4.69) is 15.9 Å². The average Bonchev–Trinajstić information content (AvgIpc) is 2.98. The molecular formula is C21H20BrNO5S2. The van der Waals surface area contributed by atoms with Crippen LogP contribution in [0.15, 0.2) is 45.8 Å². The number of hydrogen-bond donors (Lipinski definition) is 0. The summed E-state index contributed by atoms with van der Waals surface area (Å²) in [6, 6.07) is 11.1. The molecular weight excluding hydrogens is 490 g/mol. The fourth-order valence-electron chi connectivity index (χ4n) is 2.65. The van der Waals surface area contributed by atoms with Gasteiger partial charge in [-0.2, -0.15) is 0 Å². The lowest BCUT2D eigenvalue weighted by molar-refractivity contribution is -0.121. The number of likely N-dealkylation sites (N-methyl/N-ethyl adjacent to an activating group) is 1. The van der Waals surface area contributed by atoms with Crippen molar-refractivity contribution in [2.45, 2.75) is 0 Å². The Morgan fingerprint density at radius 1 is 1.10 bits per heavy atom. The van der Waals surface area contributed by atoms with Crippen LogP contribution in [-0.4, -0.2) is 49.6 Å². The van der Waals surface area contributed by atoms with E-state index in [9.17, 15) is 4.79 Å². The number of halogens is 1. The van der Waals surface area contributed by atoms with Gasteiger partial charge in [0.2, 0.25) is 0 Å². The first-order valence-corrected chi connectivity index (χ1v) is 10.9. The van der Waals surface area contributed by atoms with Gasteiger partial charge < -0.3 is 18.9 Å². The summed E-state index contributed by atoms with van der Waals surface area (Å²) in [6.07, 6.45) is 1.78. The highest BCUT2D eigenvalue weighted by Gasteiger charge is 2.28. The van der Waals surface area contributed by atoms with Gasteiger partial charge in [-0.1, -0.05) is 30.0 Å². The maximum absolute atomic E-state index is 12.2. The maximum Gasteiger partial charge on any atom is 0.265 e. The van der Waals surface area contributed by atoms with Gasteiger partial charge in [-0.15, -0.1) is 0 Å². The Morgan fingerprint density at radius 3 is 2.50 bits per heavy atom. The van der Waals surface area contributed by atoms with Crippen LogP contribution < -0.4 is 18.9 Å². The van der Waals surface area contributed by atoms with Gasteiger partial charge in [-0.25, -0.2) is 0 Å². The second kappa shape index (κ2) is 10.2. The monoisotopic (exact) mass is 509 g/mol. The first kappa shape index (κ1) is 22.5. The molecule has 1 amide bonds. The Labute approximate surface area is 193 Å². The number of methoxy groups -OCH3 is 2. The van der Waals surface area contributed by atoms with Crippen molar-refractivity contribution in [2.24, 2.45) is 0 Å². The third kappa shape index (κ3) is 5.27. The molecule has 3 rings (SSSR count). The number of nitrogens with zero attached hydrogens (tertiary/aromatic N) is 1. The van der Waals surface area contributed by atoms with Gasteiger partial charge in [-0.05, 0) is 51.8 Å². The Kier molecular flexibility index (Phi) is 7.63. The van der Waals surface area contributed by atoms with Crippen molar-refractivity contribution in [3.63, 3.8) is 0 Å². The van der Waals surface area contributed by atoms with Crippen LogP contribution in [0.5, 0.6) is 23.0 Å². The molecule has 9 heteroatoms. The van der Waals surface area contributed by atoms with Crippen molar-refractivity contribution >= 4 is 56.2 Å². The van der Waals surface area contributed by atoms with E-state index in [-0.39, 0.29) is 5.91 Å². The van der Waals surface area contributed by atoms with Crippen LogP contribution in [0.25, 0.3) is 6.08 Å². The lowest BCUT2D eigenvalue weighted by atomic mass is 10.2. The topological polar surface area (TPSA) is 57.2 Å². The normalized spacial score (nSPS) is 14.9. The van der Waals surface area contributed by atoms with Crippen LogP contribution in [-0.2, 0) is 4.79 Å². The molecule has 0 spiro atoms. The van der Waals surface area contributed by atoms with Crippen LogP contribution in [0, 0.1) is 0 Å². The number of ether oxygens (including phenoxy) is 4. The summed E-state index contributed by atoms with van der Waals surface area (Å²) in [6.45, 7) is 0.670. The number of thioether (sulfide) groups is 1. The van der Waals surface area contributed by atoms with E-state index in [1.54, 1.807) is 27.3 Å². The van der Waals surface area contributed by atoms with Crippen LogP contribution >= 0.6 is 39.9 Å². The summed E-state index contributed by atoms with van der Waals surface area (Å²) in [5.74, 6) is 2.42. The molecule has 1 heterocycles. The standard InChI is InChI=1S/C21H20BrNO5S2/c1-23-20(24)18(30-21(23)29)11-13-9-16(22)19(17(10-13)26-3)28-8-7-27-15-6-4-5-14(12-15)25-2/h4-6,9-12H,7-8H2,1-3H3/b18-11+. The van der Waals surface area contributed by atoms with E-state index in [1.165, 1.54) is 16.7 Å². The third-order valence-corrected chi connectivity index (χ3v) is 6.25. The molecule has 1 saturated heterocycles. The quantitative estimate of drug-likeness (QED) is 0.289. The minimum atomic E-state index is -0.116. The fraction of sp³-hybridized carbons (Fsp3) is 0.238. The molecule has 158 valence electrons. The molecule has 0 bridgehead atoms. The number of benzene rings is 2. The predicted octanol–water partition coefficient (Wildman–Crippen LogP) is 4.76. The Balaban J connectivity index is 1.67. The lowest BCUT2D eigenvalue weighted by Gasteiger charge is -2.14. The highest BCUT2D eigenvalue weighted by Crippen LogP contribution is 2.39. The Morgan fingerprint density at radius 2 is 1.83 bits per heavy atom. The molecule has 2 aromatic rings. The summed E-state index contributed by atoms with van der Waals surface area (Å²) < 4.78 is 23.5. The van der Waals surface area contributed by atoms with E-state index in [1.807, 2.05) is 36.4 Å². The molecule has 1 aliphatic heterocycles. The minimum absolute atomic E-state index is 0.116. The van der Waals surface area contributed by atoms with Crippen LogP contribution in [0.3, 0.4) is 0 Å². The SMILES string of the molecule is COc1cccc(OCCOc2c(Br)cc(/C=C3/SC(=S)N(C)C3=O)cc2OC)c1. The second-order valence-corrected chi connectivity index (χ2v) is 8.68. The highest BCUT2D eigenvalue weighted by atomic mass is 79.9. The van der Waals surface area contributed by atoms with Crippen molar-refractivity contribution in [3.05, 3.63) is 51.3 Å². The fourth-order valence-corrected chi connectivity index (χ4v) is 4.41. The average molecular weight is 510 g/mol. The summed E-state index contributed by atoms with van der Waals surface area (Å²) >= 11 is 9.97. The zero-order chi connectivity index (χ0) is 21.7. The third-order valence-electron chi connectivity index (χ3n) is 4.18. The molecule has 1 fully saturated rings. The van der Waals surface area contributed by atoms with Gasteiger partial charge in [0.15, 0.2) is 11.5 Å². The summed E-state index contributed by atoms with van der Waals surface area (Å²) in [5, 5.41) is 0. The molecule has 0 aromatic heterocycles. The molecule has 0 saturated carbocycles. The molecule has 0 aliphatic carbocycles. The maximum atomic E-state index is 12.2. The Bertz CT molecular complexity index is 995. The van der Waals surface area contributed by atoms with Crippen molar-refractivity contribution in [3.8, 4) is 23.0 Å². The van der Waals surface area contributed by atoms with Crippen LogP contribution in [0.2, 0.25) is 0 Å². The smallest absolute Gasteiger partial charge is 0.265 e. The zero-order valence-corrected chi connectivity index (χ0v) is 19.9. The van der Waals surface area contributed by atoms with E-state index >= 15 is 0 Å². The van der Waals surface area contributed by atoms with E-state index in [0.717, 1.165) is 11.3 Å². The summed E-state index contributed by atoms with van der Waals surface area (Å²) in [7, 11) is 4.84. The van der Waals surface area contributed by atoms with Crippen LogP contribution in [0.4, 0.5) is 0 Å². The van der Waals surface area contributed by atoms with E-state index in [0.29, 0.717) is 44.2 Å². The number of amides is 1. The van der Waals surface area contributed by atoms with Gasteiger partial charge in [0.25, 0.3) is 5.91 Å². The van der Waals surface area contributed by atoms with Crippen LogP contribution in [0.1, 0.15) is 5.56 Å². The molecule has 2 aromatic carbocycles. The highest BCUT2D eigenvalue weighted by molar-refractivity contribution is 9.10. The molecule has 30 heavy (non-hydrogen) atoms. The molecule has 0 N–H and O–H groups in total. The van der Waals surface area contributed by atoms with E-state index in [4.69, 9.17) is 31.2 Å². The number of carbonyl (C=O) groups is 1. The zero-order valence-electron chi connectivity index (χ0n) is 16.6. The molecule has 1 aliphatic rings. The number of hydrogen-bond acceptors (Lipinski definition) is 7. The molecule has 0 radical (unpaired) electrons. The van der Waals surface area contributed by atoms with Gasteiger partial charge >= 0.3 is 0 Å². The van der Waals surface area contributed by atoms with Crippen molar-refractivity contribution < 1.29 is 23.7 Å². The second-order valence-electron chi connectivity index (χ2n) is 6.15. The van der Waals surface area contributed by atoms with Gasteiger partial charge in [0.05, 0.1) is 23.6 Å². The largest absolute Gasteiger partial charge is 0.497 e. The summed E-state index contributed by atoms with van der Waals surface area (Å²) in [4.78, 5) is 14.2. The first-order chi connectivity index (χ1) is 14.4. The van der Waals surface area contributed by atoms with Gasteiger partial charge in [-0.3, -0.25) is 9.69 Å². The molecule has 6 nitrogen and oxygen atoms in total.